The number of nitrogens with zero attached hydrogens (tertiary/aromatic N) is 3. The number of nitrogens with two attached hydrogens (primary N) is 1. The van der Waals surface area contributed by atoms with Crippen LogP contribution in [0.15, 0.2) is 6.07 Å². The fraction of sp³-hybridized carbons (Fsp3) is 0.667. The molecule has 0 radical (unpaired) electrons. The molecule has 0 amide bonds. The molecule has 2 N–H and O–H groups in total. The molecule has 1 heterocycles. The molecule has 1 fully saturated rings. The van der Waals surface area contributed by atoms with Gasteiger partial charge in [-0.05, 0) is 25.7 Å². The first kappa shape index (κ1) is 13.9. The summed E-state index contributed by atoms with van der Waals surface area (Å²) in [7, 11) is 0. The second-order valence-corrected chi connectivity index (χ2v) is 4.81. The molecule has 1 aromatic rings. The molecule has 0 unspecified atom stereocenters. The Morgan fingerprint density at radius 1 is 1.37 bits per heavy atom. The minimum absolute atomic E-state index is 0.149. The Morgan fingerprint density at radius 2 is 2.05 bits per heavy atom. The van der Waals surface area contributed by atoms with Gasteiger partial charge in [0.15, 0.2) is 0 Å². The van der Waals surface area contributed by atoms with Crippen molar-refractivity contribution in [3.63, 3.8) is 0 Å². The zero-order valence-corrected chi connectivity index (χ0v) is 10.7. The number of nitrogen functional groups attached to an aromatic ring is 1. The van der Waals surface area contributed by atoms with Crippen molar-refractivity contribution in [1.29, 1.82) is 0 Å². The molecule has 0 spiro atoms. The van der Waals surface area contributed by atoms with E-state index in [9.17, 15) is 13.2 Å². The lowest BCUT2D eigenvalue weighted by Crippen LogP contribution is -2.33. The Morgan fingerprint density at radius 3 is 2.53 bits per heavy atom. The first-order valence-corrected chi connectivity index (χ1v) is 6.37. The third kappa shape index (κ3) is 3.27. The molecule has 1 aromatic heterocycles. The van der Waals surface area contributed by atoms with Crippen LogP contribution in [0.3, 0.4) is 0 Å². The number of rotatable bonds is 4. The summed E-state index contributed by atoms with van der Waals surface area (Å²) in [5.41, 5.74) is 5.45. The van der Waals surface area contributed by atoms with Gasteiger partial charge in [-0.25, -0.2) is 9.97 Å². The first-order chi connectivity index (χ1) is 8.90. The summed E-state index contributed by atoms with van der Waals surface area (Å²) in [6.45, 7) is 3.22. The Hall–Kier alpha value is -1.53. The highest BCUT2D eigenvalue weighted by molar-refractivity contribution is 5.47. The quantitative estimate of drug-likeness (QED) is 0.917. The SMILES string of the molecule is CCN(CC1CCC1)c1cc(N)nc(C(F)(F)F)n1. The van der Waals surface area contributed by atoms with Crippen LogP contribution in [0.5, 0.6) is 0 Å². The Kier molecular flexibility index (Phi) is 3.82. The summed E-state index contributed by atoms with van der Waals surface area (Å²) in [6, 6.07) is 1.40. The highest BCUT2D eigenvalue weighted by atomic mass is 19.4. The second kappa shape index (κ2) is 5.22. The number of halogens is 3. The third-order valence-electron chi connectivity index (χ3n) is 3.40. The van der Waals surface area contributed by atoms with Crippen LogP contribution in [0.1, 0.15) is 32.0 Å². The summed E-state index contributed by atoms with van der Waals surface area (Å²) >= 11 is 0. The number of hydrogen-bond acceptors (Lipinski definition) is 4. The molecule has 4 nitrogen and oxygen atoms in total. The summed E-state index contributed by atoms with van der Waals surface area (Å²) in [6.07, 6.45) is -1.12. The van der Waals surface area contributed by atoms with Crippen molar-refractivity contribution in [2.75, 3.05) is 23.7 Å². The largest absolute Gasteiger partial charge is 0.451 e. The predicted octanol–water partition coefficient (Wildman–Crippen LogP) is 2.70. The molecular formula is C12H17F3N4. The van der Waals surface area contributed by atoms with E-state index in [0.29, 0.717) is 12.5 Å². The molecule has 0 saturated heterocycles. The fourth-order valence-corrected chi connectivity index (χ4v) is 2.11. The lowest BCUT2D eigenvalue weighted by Gasteiger charge is -2.32. The molecule has 1 aliphatic rings. The van der Waals surface area contributed by atoms with Gasteiger partial charge < -0.3 is 10.6 Å². The van der Waals surface area contributed by atoms with Gasteiger partial charge in [-0.1, -0.05) is 6.42 Å². The lowest BCUT2D eigenvalue weighted by molar-refractivity contribution is -0.144. The number of alkyl halides is 3. The number of hydrogen-bond donors (Lipinski definition) is 1. The summed E-state index contributed by atoms with van der Waals surface area (Å²) in [4.78, 5) is 8.68. The average molecular weight is 274 g/mol. The van der Waals surface area contributed by atoms with Crippen molar-refractivity contribution in [3.8, 4) is 0 Å². The Bertz CT molecular complexity index is 443. The van der Waals surface area contributed by atoms with Gasteiger partial charge in [0, 0.05) is 19.2 Å². The summed E-state index contributed by atoms with van der Waals surface area (Å²) in [5.74, 6) is -0.515. The summed E-state index contributed by atoms with van der Waals surface area (Å²) in [5, 5.41) is 0. The van der Waals surface area contributed by atoms with Crippen molar-refractivity contribution in [3.05, 3.63) is 11.9 Å². The van der Waals surface area contributed by atoms with E-state index in [0.717, 1.165) is 19.4 Å². The molecule has 19 heavy (non-hydrogen) atoms. The van der Waals surface area contributed by atoms with Crippen molar-refractivity contribution >= 4 is 11.6 Å². The van der Waals surface area contributed by atoms with Crippen LogP contribution >= 0.6 is 0 Å². The number of anilines is 2. The van der Waals surface area contributed by atoms with Gasteiger partial charge in [0.05, 0.1) is 0 Å². The monoisotopic (exact) mass is 274 g/mol. The normalized spacial score (nSPS) is 16.2. The predicted molar refractivity (Wildman–Crippen MR) is 66.7 cm³/mol. The van der Waals surface area contributed by atoms with Crippen LogP contribution < -0.4 is 10.6 Å². The Labute approximate surface area is 109 Å². The zero-order chi connectivity index (χ0) is 14.0. The molecule has 106 valence electrons. The van der Waals surface area contributed by atoms with E-state index in [2.05, 4.69) is 9.97 Å². The second-order valence-electron chi connectivity index (χ2n) is 4.81. The highest BCUT2D eigenvalue weighted by Crippen LogP contribution is 2.31. The van der Waals surface area contributed by atoms with Gasteiger partial charge in [-0.2, -0.15) is 13.2 Å². The van der Waals surface area contributed by atoms with E-state index in [1.165, 1.54) is 12.5 Å². The number of aromatic nitrogens is 2. The molecule has 0 atom stereocenters. The fourth-order valence-electron chi connectivity index (χ4n) is 2.11. The summed E-state index contributed by atoms with van der Waals surface area (Å²) < 4.78 is 38.0. The van der Waals surface area contributed by atoms with E-state index < -0.39 is 12.0 Å². The van der Waals surface area contributed by atoms with Gasteiger partial charge in [-0.15, -0.1) is 0 Å². The topological polar surface area (TPSA) is 55.0 Å². The maximum absolute atomic E-state index is 12.7. The van der Waals surface area contributed by atoms with E-state index >= 15 is 0 Å². The smallest absolute Gasteiger partial charge is 0.384 e. The van der Waals surface area contributed by atoms with E-state index in [-0.39, 0.29) is 11.6 Å². The minimum Gasteiger partial charge on any atom is -0.384 e. The molecule has 0 aliphatic heterocycles. The van der Waals surface area contributed by atoms with Gasteiger partial charge in [-0.3, -0.25) is 0 Å². The molecule has 2 rings (SSSR count). The molecule has 1 aliphatic carbocycles. The first-order valence-electron chi connectivity index (χ1n) is 6.37. The van der Waals surface area contributed by atoms with Gasteiger partial charge in [0.25, 0.3) is 0 Å². The van der Waals surface area contributed by atoms with E-state index in [1.807, 2.05) is 11.8 Å². The van der Waals surface area contributed by atoms with E-state index in [1.54, 1.807) is 0 Å². The van der Waals surface area contributed by atoms with Crippen LogP contribution in [0.25, 0.3) is 0 Å². The van der Waals surface area contributed by atoms with Crippen LogP contribution in [0.2, 0.25) is 0 Å². The van der Waals surface area contributed by atoms with Gasteiger partial charge >= 0.3 is 6.18 Å². The van der Waals surface area contributed by atoms with Crippen LogP contribution in [-0.2, 0) is 6.18 Å². The van der Waals surface area contributed by atoms with Crippen LogP contribution in [0.4, 0.5) is 24.8 Å². The molecule has 7 heteroatoms. The maximum Gasteiger partial charge on any atom is 0.451 e. The minimum atomic E-state index is -4.57. The molecular weight excluding hydrogens is 257 g/mol. The van der Waals surface area contributed by atoms with E-state index in [4.69, 9.17) is 5.73 Å². The lowest BCUT2D eigenvalue weighted by atomic mass is 9.85. The van der Waals surface area contributed by atoms with Crippen molar-refractivity contribution in [2.45, 2.75) is 32.4 Å². The van der Waals surface area contributed by atoms with Crippen molar-refractivity contribution in [1.82, 2.24) is 9.97 Å². The van der Waals surface area contributed by atoms with Crippen molar-refractivity contribution < 1.29 is 13.2 Å². The molecule has 0 bridgehead atoms. The molecule has 1 saturated carbocycles. The standard InChI is InChI=1S/C12H17F3N4/c1-2-19(7-8-4-3-5-8)10-6-9(16)17-11(18-10)12(13,14)15/h6,8H,2-5,7H2,1H3,(H2,16,17,18). The Balaban J connectivity index is 2.23. The molecule has 0 aromatic carbocycles. The van der Waals surface area contributed by atoms with Crippen LogP contribution in [0, 0.1) is 5.92 Å². The van der Waals surface area contributed by atoms with Gasteiger partial charge in [0.2, 0.25) is 5.82 Å². The maximum atomic E-state index is 12.7. The van der Waals surface area contributed by atoms with Crippen molar-refractivity contribution in [2.24, 2.45) is 5.92 Å². The zero-order valence-electron chi connectivity index (χ0n) is 10.7. The third-order valence-corrected chi connectivity index (χ3v) is 3.40. The van der Waals surface area contributed by atoms with Crippen LogP contribution in [-0.4, -0.2) is 23.1 Å². The average Bonchev–Trinajstić information content (AvgIpc) is 2.25. The van der Waals surface area contributed by atoms with Gasteiger partial charge in [0.1, 0.15) is 11.6 Å². The highest BCUT2D eigenvalue weighted by Gasteiger charge is 2.35.